The third kappa shape index (κ3) is 3.77. The Labute approximate surface area is 180 Å². The fourth-order valence-corrected chi connectivity index (χ4v) is 4.49. The molecule has 0 aliphatic carbocycles. The summed E-state index contributed by atoms with van der Waals surface area (Å²) in [6.45, 7) is 0.199. The largest absolute Gasteiger partial charge is 0.454 e. The van der Waals surface area contributed by atoms with Gasteiger partial charge >= 0.3 is 0 Å². The van der Waals surface area contributed by atoms with Gasteiger partial charge in [-0.15, -0.1) is 21.5 Å². The first kappa shape index (κ1) is 18.7. The van der Waals surface area contributed by atoms with E-state index in [9.17, 15) is 4.79 Å². The van der Waals surface area contributed by atoms with Gasteiger partial charge in [-0.2, -0.15) is 0 Å². The van der Waals surface area contributed by atoms with Crippen molar-refractivity contribution in [1.29, 1.82) is 0 Å². The molecule has 0 saturated carbocycles. The van der Waals surface area contributed by atoms with E-state index in [1.54, 1.807) is 29.5 Å². The number of carbonyl (C=O) groups is 1. The summed E-state index contributed by atoms with van der Waals surface area (Å²) >= 11 is 2.94. The lowest BCUT2D eigenvalue weighted by atomic mass is 10.3. The first-order valence-electron chi connectivity index (χ1n) is 9.15. The minimum atomic E-state index is -0.140. The number of rotatable bonds is 6. The van der Waals surface area contributed by atoms with E-state index in [0.717, 1.165) is 16.4 Å². The van der Waals surface area contributed by atoms with Gasteiger partial charge in [-0.25, -0.2) is 0 Å². The van der Waals surface area contributed by atoms with E-state index in [1.165, 1.54) is 11.8 Å². The molecule has 9 heteroatoms. The van der Waals surface area contributed by atoms with E-state index in [1.807, 2.05) is 52.4 Å². The van der Waals surface area contributed by atoms with Gasteiger partial charge in [0.2, 0.25) is 12.7 Å². The number of carbonyl (C=O) groups excluding carboxylic acids is 1. The Morgan fingerprint density at radius 1 is 1.07 bits per heavy atom. The summed E-state index contributed by atoms with van der Waals surface area (Å²) in [6, 6.07) is 19.2. The van der Waals surface area contributed by atoms with Crippen LogP contribution in [-0.2, 0) is 4.79 Å². The number of hydrogen-bond donors (Lipinski definition) is 1. The molecular formula is C21H16N4O3S2. The molecule has 0 atom stereocenters. The fourth-order valence-electron chi connectivity index (χ4n) is 3.04. The highest BCUT2D eigenvalue weighted by atomic mass is 32.2. The highest BCUT2D eigenvalue weighted by molar-refractivity contribution is 7.99. The van der Waals surface area contributed by atoms with Gasteiger partial charge < -0.3 is 14.8 Å². The fraction of sp³-hybridized carbons (Fsp3) is 0.0952. The number of para-hydroxylation sites is 1. The Balaban J connectivity index is 1.34. The molecule has 150 valence electrons. The number of ether oxygens (including phenoxy) is 2. The molecule has 5 rings (SSSR count). The highest BCUT2D eigenvalue weighted by Gasteiger charge is 2.18. The molecule has 0 fully saturated rings. The van der Waals surface area contributed by atoms with Gasteiger partial charge in [-0.3, -0.25) is 9.36 Å². The Morgan fingerprint density at radius 2 is 1.93 bits per heavy atom. The molecule has 0 saturated heterocycles. The quantitative estimate of drug-likeness (QED) is 0.450. The Hall–Kier alpha value is -3.30. The third-order valence-electron chi connectivity index (χ3n) is 4.38. The number of anilines is 1. The van der Waals surface area contributed by atoms with Crippen molar-refractivity contribution in [3.63, 3.8) is 0 Å². The lowest BCUT2D eigenvalue weighted by molar-refractivity contribution is -0.113. The Morgan fingerprint density at radius 3 is 2.77 bits per heavy atom. The molecule has 1 aliphatic rings. The molecule has 0 radical (unpaired) electrons. The maximum atomic E-state index is 12.5. The van der Waals surface area contributed by atoms with Crippen LogP contribution in [0.15, 0.2) is 71.2 Å². The zero-order chi connectivity index (χ0) is 20.3. The first-order chi connectivity index (χ1) is 14.8. The summed E-state index contributed by atoms with van der Waals surface area (Å²) in [6.07, 6.45) is 0. The number of thioether (sulfide) groups is 1. The molecule has 0 unspecified atom stereocenters. The number of fused-ring (bicyclic) bond motifs is 1. The standard InChI is InChI=1S/C21H16N4O3S2/c26-19(22-14-8-9-16-17(11-14)28-13-27-16)12-30-21-24-23-20(18-7-4-10-29-18)25(21)15-5-2-1-3-6-15/h1-11H,12-13H2,(H,22,26). The van der Waals surface area contributed by atoms with Crippen LogP contribution in [0.25, 0.3) is 16.4 Å². The number of thiophene rings is 1. The molecule has 0 bridgehead atoms. The van der Waals surface area contributed by atoms with E-state index >= 15 is 0 Å². The Bertz CT molecular complexity index is 1180. The van der Waals surface area contributed by atoms with Crippen molar-refractivity contribution in [2.75, 3.05) is 17.9 Å². The smallest absolute Gasteiger partial charge is 0.234 e. The predicted octanol–water partition coefficient (Wildman–Crippen LogP) is 4.46. The van der Waals surface area contributed by atoms with E-state index < -0.39 is 0 Å². The Kier molecular flexibility index (Phi) is 5.12. The summed E-state index contributed by atoms with van der Waals surface area (Å²) < 4.78 is 12.6. The average Bonchev–Trinajstić information content (AvgIpc) is 3.52. The van der Waals surface area contributed by atoms with Crippen LogP contribution < -0.4 is 14.8 Å². The first-order valence-corrected chi connectivity index (χ1v) is 11.0. The number of benzene rings is 2. The van der Waals surface area contributed by atoms with Crippen molar-refractivity contribution in [2.45, 2.75) is 5.16 Å². The van der Waals surface area contributed by atoms with Crippen LogP contribution >= 0.6 is 23.1 Å². The zero-order valence-electron chi connectivity index (χ0n) is 15.6. The molecule has 2 aromatic carbocycles. The summed E-state index contributed by atoms with van der Waals surface area (Å²) in [5.74, 6) is 2.13. The molecule has 0 spiro atoms. The second-order valence-corrected chi connectivity index (χ2v) is 8.25. The lowest BCUT2D eigenvalue weighted by Gasteiger charge is -2.10. The molecule has 7 nitrogen and oxygen atoms in total. The molecule has 30 heavy (non-hydrogen) atoms. The minimum Gasteiger partial charge on any atom is -0.454 e. The summed E-state index contributed by atoms with van der Waals surface area (Å²) in [4.78, 5) is 13.5. The highest BCUT2D eigenvalue weighted by Crippen LogP contribution is 2.34. The topological polar surface area (TPSA) is 78.3 Å². The van der Waals surface area contributed by atoms with Crippen molar-refractivity contribution in [2.24, 2.45) is 0 Å². The second kappa shape index (κ2) is 8.21. The van der Waals surface area contributed by atoms with Gasteiger partial charge in [-0.05, 0) is 35.7 Å². The van der Waals surface area contributed by atoms with Crippen molar-refractivity contribution < 1.29 is 14.3 Å². The van der Waals surface area contributed by atoms with E-state index in [2.05, 4.69) is 15.5 Å². The number of nitrogens with zero attached hydrogens (tertiary/aromatic N) is 3. The second-order valence-electron chi connectivity index (χ2n) is 6.36. The number of nitrogens with one attached hydrogen (secondary N) is 1. The molecule has 1 N–H and O–H groups in total. The summed E-state index contributed by atoms with van der Waals surface area (Å²) in [5.41, 5.74) is 1.61. The molecular weight excluding hydrogens is 420 g/mol. The van der Waals surface area contributed by atoms with Gasteiger partial charge in [0.1, 0.15) is 0 Å². The number of hydrogen-bond acceptors (Lipinski definition) is 7. The lowest BCUT2D eigenvalue weighted by Crippen LogP contribution is -2.14. The van der Waals surface area contributed by atoms with Crippen LogP contribution in [0.5, 0.6) is 11.5 Å². The third-order valence-corrected chi connectivity index (χ3v) is 6.17. The van der Waals surface area contributed by atoms with Crippen molar-refractivity contribution >= 4 is 34.7 Å². The minimum absolute atomic E-state index is 0.140. The van der Waals surface area contributed by atoms with E-state index in [0.29, 0.717) is 22.3 Å². The average molecular weight is 437 g/mol. The molecule has 4 aromatic rings. The van der Waals surface area contributed by atoms with Crippen LogP contribution in [0, 0.1) is 0 Å². The van der Waals surface area contributed by atoms with Gasteiger partial charge in [0.15, 0.2) is 22.5 Å². The van der Waals surface area contributed by atoms with Gasteiger partial charge in [0.25, 0.3) is 0 Å². The predicted molar refractivity (Wildman–Crippen MR) is 117 cm³/mol. The van der Waals surface area contributed by atoms with Gasteiger partial charge in [0.05, 0.1) is 10.6 Å². The number of aromatic nitrogens is 3. The van der Waals surface area contributed by atoms with Crippen molar-refractivity contribution in [3.05, 3.63) is 66.0 Å². The molecule has 1 aliphatic heterocycles. The SMILES string of the molecule is O=C(CSc1nnc(-c2cccs2)n1-c1ccccc1)Nc1ccc2c(c1)OCO2. The normalized spacial score (nSPS) is 12.1. The van der Waals surface area contributed by atoms with Crippen LogP contribution in [-0.4, -0.2) is 33.2 Å². The maximum absolute atomic E-state index is 12.5. The van der Waals surface area contributed by atoms with Gasteiger partial charge in [0, 0.05) is 17.4 Å². The van der Waals surface area contributed by atoms with Crippen LogP contribution in [0.2, 0.25) is 0 Å². The zero-order valence-corrected chi connectivity index (χ0v) is 17.3. The van der Waals surface area contributed by atoms with Crippen molar-refractivity contribution in [1.82, 2.24) is 14.8 Å². The van der Waals surface area contributed by atoms with E-state index in [-0.39, 0.29) is 18.5 Å². The van der Waals surface area contributed by atoms with Crippen molar-refractivity contribution in [3.8, 4) is 27.9 Å². The monoisotopic (exact) mass is 436 g/mol. The number of amides is 1. The van der Waals surface area contributed by atoms with Gasteiger partial charge in [-0.1, -0.05) is 36.0 Å². The summed E-state index contributed by atoms with van der Waals surface area (Å²) in [5, 5.41) is 14.3. The van der Waals surface area contributed by atoms with Crippen LogP contribution in [0.4, 0.5) is 5.69 Å². The molecule has 3 heterocycles. The van der Waals surface area contributed by atoms with E-state index in [4.69, 9.17) is 9.47 Å². The summed E-state index contributed by atoms with van der Waals surface area (Å²) in [7, 11) is 0. The maximum Gasteiger partial charge on any atom is 0.234 e. The van der Waals surface area contributed by atoms with Crippen LogP contribution in [0.3, 0.4) is 0 Å². The van der Waals surface area contributed by atoms with Crippen LogP contribution in [0.1, 0.15) is 0 Å². The molecule has 1 amide bonds. The molecule has 2 aromatic heterocycles.